The summed E-state index contributed by atoms with van der Waals surface area (Å²) in [5, 5.41) is 6.37. The van der Waals surface area contributed by atoms with Crippen LogP contribution in [-0.2, 0) is 11.3 Å². The van der Waals surface area contributed by atoms with Crippen LogP contribution in [0.25, 0.3) is 5.65 Å². The number of piperazine rings is 1. The zero-order chi connectivity index (χ0) is 20.1. The molecule has 2 aromatic heterocycles. The van der Waals surface area contributed by atoms with Crippen LogP contribution in [0.3, 0.4) is 0 Å². The monoisotopic (exact) mass is 513 g/mol. The van der Waals surface area contributed by atoms with Crippen LogP contribution in [0, 0.1) is 6.92 Å². The highest BCUT2D eigenvalue weighted by atomic mass is 127. The molecule has 2 aromatic rings. The molecule has 0 aliphatic carbocycles. The average Bonchev–Trinajstić information content (AvgIpc) is 3.07. The van der Waals surface area contributed by atoms with Crippen molar-refractivity contribution in [3.8, 4) is 0 Å². The van der Waals surface area contributed by atoms with E-state index in [1.807, 2.05) is 26.0 Å². The van der Waals surface area contributed by atoms with Crippen LogP contribution in [0.4, 0.5) is 0 Å². The number of rotatable bonds is 5. The SMILES string of the molecule is CN=C(NCc1cn2c(C)cccc2n1)N1CCN(CC(=O)NC(C)C)CC1.I. The molecule has 160 valence electrons. The summed E-state index contributed by atoms with van der Waals surface area (Å²) in [5.74, 6) is 0.966. The van der Waals surface area contributed by atoms with Gasteiger partial charge in [0.1, 0.15) is 5.65 Å². The molecule has 1 saturated heterocycles. The van der Waals surface area contributed by atoms with Crippen LogP contribution in [0.15, 0.2) is 29.4 Å². The van der Waals surface area contributed by atoms with Crippen LogP contribution in [0.5, 0.6) is 0 Å². The number of pyridine rings is 1. The number of halogens is 1. The number of carbonyl (C=O) groups excluding carboxylic acids is 1. The van der Waals surface area contributed by atoms with Crippen molar-refractivity contribution in [3.05, 3.63) is 35.8 Å². The Bertz CT molecular complexity index is 840. The molecule has 1 amide bonds. The second kappa shape index (κ2) is 10.8. The Morgan fingerprint density at radius 1 is 1.24 bits per heavy atom. The topological polar surface area (TPSA) is 77.3 Å². The van der Waals surface area contributed by atoms with Gasteiger partial charge >= 0.3 is 0 Å². The van der Waals surface area contributed by atoms with Crippen molar-refractivity contribution in [1.82, 2.24) is 29.8 Å². The van der Waals surface area contributed by atoms with Gasteiger partial charge in [-0.05, 0) is 32.9 Å². The highest BCUT2D eigenvalue weighted by Gasteiger charge is 2.21. The highest BCUT2D eigenvalue weighted by molar-refractivity contribution is 14.0. The Hall–Kier alpha value is -1.88. The van der Waals surface area contributed by atoms with Crippen LogP contribution in [0.1, 0.15) is 25.2 Å². The molecular formula is C20H32IN7O. The van der Waals surface area contributed by atoms with Gasteiger partial charge in [-0.3, -0.25) is 14.7 Å². The molecule has 1 fully saturated rings. The largest absolute Gasteiger partial charge is 0.353 e. The van der Waals surface area contributed by atoms with Crippen LogP contribution in [-0.4, -0.2) is 76.9 Å². The predicted molar refractivity (Wildman–Crippen MR) is 127 cm³/mol. The van der Waals surface area contributed by atoms with Crippen molar-refractivity contribution >= 4 is 41.5 Å². The number of amides is 1. The van der Waals surface area contributed by atoms with E-state index < -0.39 is 0 Å². The molecule has 9 heteroatoms. The van der Waals surface area contributed by atoms with Gasteiger partial charge in [-0.15, -0.1) is 24.0 Å². The standard InChI is InChI=1S/C20H31N7O.HI/c1-15(2)23-19(28)14-25-8-10-26(11-9-25)20(21-4)22-12-17-13-27-16(3)6-5-7-18(27)24-17;/h5-7,13,15H,8-12,14H2,1-4H3,(H,21,22)(H,23,28);1H. The first-order chi connectivity index (χ1) is 13.5. The lowest BCUT2D eigenvalue weighted by atomic mass is 10.3. The number of fused-ring (bicyclic) bond motifs is 1. The maximum atomic E-state index is 11.9. The van der Waals surface area contributed by atoms with E-state index in [1.54, 1.807) is 7.05 Å². The number of hydrogen-bond donors (Lipinski definition) is 2. The Labute approximate surface area is 189 Å². The summed E-state index contributed by atoms with van der Waals surface area (Å²) in [7, 11) is 1.80. The minimum Gasteiger partial charge on any atom is -0.353 e. The average molecular weight is 513 g/mol. The molecule has 0 spiro atoms. The number of imidazole rings is 1. The van der Waals surface area contributed by atoms with Gasteiger partial charge in [0, 0.05) is 51.2 Å². The summed E-state index contributed by atoms with van der Waals surface area (Å²) in [5.41, 5.74) is 3.11. The summed E-state index contributed by atoms with van der Waals surface area (Å²) < 4.78 is 2.10. The molecule has 1 aliphatic heterocycles. The second-order valence-electron chi connectivity index (χ2n) is 7.51. The minimum absolute atomic E-state index is 0. The van der Waals surface area contributed by atoms with Crippen LogP contribution in [0.2, 0.25) is 0 Å². The Kier molecular flexibility index (Phi) is 8.69. The minimum atomic E-state index is 0. The number of carbonyl (C=O) groups is 1. The van der Waals surface area contributed by atoms with E-state index in [1.165, 1.54) is 5.69 Å². The van der Waals surface area contributed by atoms with E-state index in [4.69, 9.17) is 0 Å². The zero-order valence-corrected chi connectivity index (χ0v) is 20.0. The molecule has 8 nitrogen and oxygen atoms in total. The van der Waals surface area contributed by atoms with Gasteiger partial charge in [0.15, 0.2) is 5.96 Å². The number of nitrogens with one attached hydrogen (secondary N) is 2. The van der Waals surface area contributed by atoms with Gasteiger partial charge in [-0.1, -0.05) is 6.07 Å². The lowest BCUT2D eigenvalue weighted by Crippen LogP contribution is -2.54. The van der Waals surface area contributed by atoms with Gasteiger partial charge in [-0.25, -0.2) is 4.98 Å². The third-order valence-corrected chi connectivity index (χ3v) is 4.87. The van der Waals surface area contributed by atoms with Crippen molar-refractivity contribution in [1.29, 1.82) is 0 Å². The first kappa shape index (κ1) is 23.4. The third-order valence-electron chi connectivity index (χ3n) is 4.87. The van der Waals surface area contributed by atoms with E-state index in [0.717, 1.165) is 43.5 Å². The molecule has 29 heavy (non-hydrogen) atoms. The van der Waals surface area contributed by atoms with E-state index in [2.05, 4.69) is 54.0 Å². The highest BCUT2D eigenvalue weighted by Crippen LogP contribution is 2.09. The molecule has 0 bridgehead atoms. The van der Waals surface area contributed by atoms with Crippen molar-refractivity contribution < 1.29 is 4.79 Å². The van der Waals surface area contributed by atoms with Crippen molar-refractivity contribution in [2.45, 2.75) is 33.4 Å². The number of aryl methyl sites for hydroxylation is 1. The maximum absolute atomic E-state index is 11.9. The van der Waals surface area contributed by atoms with Crippen LogP contribution >= 0.6 is 24.0 Å². The summed E-state index contributed by atoms with van der Waals surface area (Å²) in [6.07, 6.45) is 2.07. The zero-order valence-electron chi connectivity index (χ0n) is 17.7. The Balaban J connectivity index is 0.00000300. The number of aliphatic imine (C=N–C) groups is 1. The fourth-order valence-corrected chi connectivity index (χ4v) is 3.47. The van der Waals surface area contributed by atoms with E-state index >= 15 is 0 Å². The normalized spacial score (nSPS) is 15.5. The van der Waals surface area contributed by atoms with Crippen LogP contribution < -0.4 is 10.6 Å². The molecule has 0 radical (unpaired) electrons. The maximum Gasteiger partial charge on any atom is 0.234 e. The van der Waals surface area contributed by atoms with Gasteiger partial charge in [0.2, 0.25) is 5.91 Å². The quantitative estimate of drug-likeness (QED) is 0.360. The lowest BCUT2D eigenvalue weighted by molar-refractivity contribution is -0.123. The molecule has 0 atom stereocenters. The second-order valence-corrected chi connectivity index (χ2v) is 7.51. The number of guanidine groups is 1. The molecule has 0 unspecified atom stereocenters. The van der Waals surface area contributed by atoms with E-state index in [9.17, 15) is 4.79 Å². The first-order valence-corrected chi connectivity index (χ1v) is 9.87. The van der Waals surface area contributed by atoms with Crippen molar-refractivity contribution in [3.63, 3.8) is 0 Å². The summed E-state index contributed by atoms with van der Waals surface area (Å²) >= 11 is 0. The Morgan fingerprint density at radius 2 is 1.97 bits per heavy atom. The summed E-state index contributed by atoms with van der Waals surface area (Å²) in [6.45, 7) is 10.5. The van der Waals surface area contributed by atoms with Gasteiger partial charge in [0.05, 0.1) is 18.8 Å². The fourth-order valence-electron chi connectivity index (χ4n) is 3.47. The molecule has 1 aliphatic rings. The van der Waals surface area contributed by atoms with E-state index in [0.29, 0.717) is 13.1 Å². The number of nitrogens with zero attached hydrogens (tertiary/aromatic N) is 5. The predicted octanol–water partition coefficient (Wildman–Crippen LogP) is 1.48. The first-order valence-electron chi connectivity index (χ1n) is 9.87. The third kappa shape index (κ3) is 6.30. The molecular weight excluding hydrogens is 481 g/mol. The number of hydrogen-bond acceptors (Lipinski definition) is 4. The molecule has 0 aromatic carbocycles. The summed E-state index contributed by atoms with van der Waals surface area (Å²) in [4.78, 5) is 25.5. The van der Waals surface area contributed by atoms with Crippen molar-refractivity contribution in [2.75, 3.05) is 39.8 Å². The fraction of sp³-hybridized carbons (Fsp3) is 0.550. The number of aromatic nitrogens is 2. The molecule has 3 heterocycles. The smallest absolute Gasteiger partial charge is 0.234 e. The van der Waals surface area contributed by atoms with Crippen molar-refractivity contribution in [2.24, 2.45) is 4.99 Å². The molecule has 3 rings (SSSR count). The molecule has 0 saturated carbocycles. The van der Waals surface area contributed by atoms with E-state index in [-0.39, 0.29) is 35.9 Å². The Morgan fingerprint density at radius 3 is 2.59 bits per heavy atom. The van der Waals surface area contributed by atoms with Gasteiger partial charge < -0.3 is 19.9 Å². The lowest BCUT2D eigenvalue weighted by Gasteiger charge is -2.36. The van der Waals surface area contributed by atoms with Gasteiger partial charge in [-0.2, -0.15) is 0 Å². The molecule has 2 N–H and O–H groups in total. The van der Waals surface area contributed by atoms with Gasteiger partial charge in [0.25, 0.3) is 0 Å². The summed E-state index contributed by atoms with van der Waals surface area (Å²) in [6, 6.07) is 6.29.